The zero-order valence-corrected chi connectivity index (χ0v) is 12.4. The summed E-state index contributed by atoms with van der Waals surface area (Å²) >= 11 is 5.59. The fraction of sp³-hybridized carbons (Fsp3) is 0.533. The summed E-state index contributed by atoms with van der Waals surface area (Å²) in [6, 6.07) is 4.70. The maximum Gasteiger partial charge on any atom is 0.306 e. The molecule has 6 heteroatoms. The Bertz CT molecular complexity index is 490. The zero-order valence-electron chi connectivity index (χ0n) is 11.6. The van der Waals surface area contributed by atoms with Gasteiger partial charge in [0.25, 0.3) is 0 Å². The second kappa shape index (κ2) is 7.61. The highest BCUT2D eigenvalue weighted by Crippen LogP contribution is 2.24. The highest BCUT2D eigenvalue weighted by atomic mass is 35.5. The molecule has 0 aromatic heterocycles. The molecule has 0 unspecified atom stereocenters. The van der Waals surface area contributed by atoms with Gasteiger partial charge in [-0.15, -0.1) is 0 Å². The van der Waals surface area contributed by atoms with E-state index in [2.05, 4.69) is 5.32 Å². The number of rotatable bonds is 6. The molecule has 1 aromatic rings. The zero-order chi connectivity index (χ0) is 15.2. The summed E-state index contributed by atoms with van der Waals surface area (Å²) in [5, 5.41) is 12.3. The maximum atomic E-state index is 13.2. The molecule has 1 aliphatic rings. The number of nitrogens with one attached hydrogen (secondary N) is 1. The maximum absolute atomic E-state index is 13.2. The largest absolute Gasteiger partial charge is 0.492 e. The minimum Gasteiger partial charge on any atom is -0.492 e. The quantitative estimate of drug-likeness (QED) is 0.792. The molecule has 2 rings (SSSR count). The molecule has 1 aliphatic carbocycles. The van der Waals surface area contributed by atoms with Crippen LogP contribution in [0, 0.1) is 11.7 Å². The summed E-state index contributed by atoms with van der Waals surface area (Å²) in [6.45, 7) is 1.08. The van der Waals surface area contributed by atoms with Crippen LogP contribution in [0.25, 0.3) is 0 Å². The predicted molar refractivity (Wildman–Crippen MR) is 78.3 cm³/mol. The van der Waals surface area contributed by atoms with Crippen LogP contribution < -0.4 is 10.1 Å². The lowest BCUT2D eigenvalue weighted by Crippen LogP contribution is -2.37. The minimum atomic E-state index is -0.693. The van der Waals surface area contributed by atoms with Gasteiger partial charge in [0.15, 0.2) is 0 Å². The van der Waals surface area contributed by atoms with Crippen LogP contribution in [0.4, 0.5) is 4.39 Å². The fourth-order valence-corrected chi connectivity index (χ4v) is 2.66. The van der Waals surface area contributed by atoms with Gasteiger partial charge in [0.05, 0.1) is 10.9 Å². The highest BCUT2D eigenvalue weighted by Gasteiger charge is 2.25. The Morgan fingerprint density at radius 2 is 2.10 bits per heavy atom. The molecule has 0 atom stereocenters. The molecule has 0 radical (unpaired) electrons. The molecule has 4 nitrogen and oxygen atoms in total. The van der Waals surface area contributed by atoms with Gasteiger partial charge in [0, 0.05) is 18.7 Å². The van der Waals surface area contributed by atoms with Crippen molar-refractivity contribution in [2.75, 3.05) is 13.2 Å². The third-order valence-corrected chi connectivity index (χ3v) is 4.08. The second-order valence-electron chi connectivity index (χ2n) is 5.27. The number of carboxylic acids is 1. The number of hydrogen-bond donors (Lipinski definition) is 2. The number of hydrogen-bond acceptors (Lipinski definition) is 3. The van der Waals surface area contributed by atoms with Crippen molar-refractivity contribution < 1.29 is 19.0 Å². The van der Waals surface area contributed by atoms with Crippen LogP contribution in [0.1, 0.15) is 25.7 Å². The van der Waals surface area contributed by atoms with Crippen LogP contribution in [0.5, 0.6) is 5.75 Å². The molecular weight excluding hydrogens is 297 g/mol. The van der Waals surface area contributed by atoms with Crippen molar-refractivity contribution >= 4 is 17.6 Å². The number of aliphatic carboxylic acids is 1. The summed E-state index contributed by atoms with van der Waals surface area (Å²) in [7, 11) is 0. The van der Waals surface area contributed by atoms with E-state index in [4.69, 9.17) is 21.4 Å². The Labute approximate surface area is 128 Å². The SMILES string of the molecule is O=C(O)C1CCC(NCCOc2ccc(Cl)c(F)c2)CC1. The number of benzene rings is 1. The Morgan fingerprint density at radius 1 is 1.38 bits per heavy atom. The first-order valence-electron chi connectivity index (χ1n) is 7.10. The van der Waals surface area contributed by atoms with E-state index in [1.54, 1.807) is 6.07 Å². The van der Waals surface area contributed by atoms with Crippen LogP contribution in [0.2, 0.25) is 5.02 Å². The highest BCUT2D eigenvalue weighted by molar-refractivity contribution is 6.30. The molecule has 116 valence electrons. The van der Waals surface area contributed by atoms with E-state index in [1.165, 1.54) is 12.1 Å². The van der Waals surface area contributed by atoms with Crippen molar-refractivity contribution in [2.24, 2.45) is 5.92 Å². The van der Waals surface area contributed by atoms with Gasteiger partial charge >= 0.3 is 5.97 Å². The first kappa shape index (κ1) is 16.0. The molecule has 0 saturated heterocycles. The molecule has 21 heavy (non-hydrogen) atoms. The van der Waals surface area contributed by atoms with E-state index in [0.29, 0.717) is 24.9 Å². The van der Waals surface area contributed by atoms with Gasteiger partial charge in [-0.25, -0.2) is 4.39 Å². The first-order valence-corrected chi connectivity index (χ1v) is 7.48. The van der Waals surface area contributed by atoms with Gasteiger partial charge < -0.3 is 15.2 Å². The molecule has 0 amide bonds. The normalized spacial score (nSPS) is 22.0. The molecule has 1 fully saturated rings. The molecule has 1 aromatic carbocycles. The Balaban J connectivity index is 1.64. The first-order chi connectivity index (χ1) is 10.1. The molecule has 2 N–H and O–H groups in total. The number of carbonyl (C=O) groups is 1. The summed E-state index contributed by atoms with van der Waals surface area (Å²) in [5.41, 5.74) is 0. The summed E-state index contributed by atoms with van der Waals surface area (Å²) in [4.78, 5) is 10.8. The van der Waals surface area contributed by atoms with Gasteiger partial charge in [0.2, 0.25) is 0 Å². The van der Waals surface area contributed by atoms with Crippen molar-refractivity contribution in [3.05, 3.63) is 29.0 Å². The van der Waals surface area contributed by atoms with E-state index in [0.717, 1.165) is 25.7 Å². The summed E-state index contributed by atoms with van der Waals surface area (Å²) in [6.07, 6.45) is 3.17. The van der Waals surface area contributed by atoms with E-state index >= 15 is 0 Å². The average Bonchev–Trinajstić information content (AvgIpc) is 2.47. The lowest BCUT2D eigenvalue weighted by atomic mass is 9.86. The Morgan fingerprint density at radius 3 is 2.71 bits per heavy atom. The second-order valence-corrected chi connectivity index (χ2v) is 5.67. The third-order valence-electron chi connectivity index (χ3n) is 3.77. The van der Waals surface area contributed by atoms with Crippen molar-refractivity contribution in [1.82, 2.24) is 5.32 Å². The van der Waals surface area contributed by atoms with Crippen LogP contribution in [-0.4, -0.2) is 30.3 Å². The molecular formula is C15H19ClFNO3. The molecule has 0 aliphatic heterocycles. The van der Waals surface area contributed by atoms with Crippen molar-refractivity contribution in [2.45, 2.75) is 31.7 Å². The van der Waals surface area contributed by atoms with Crippen LogP contribution in [0.15, 0.2) is 18.2 Å². The van der Waals surface area contributed by atoms with E-state index in [-0.39, 0.29) is 10.9 Å². The Kier molecular flexibility index (Phi) is 5.82. The van der Waals surface area contributed by atoms with Crippen LogP contribution in [-0.2, 0) is 4.79 Å². The summed E-state index contributed by atoms with van der Waals surface area (Å²) in [5.74, 6) is -0.930. The number of ether oxygens (including phenoxy) is 1. The average molecular weight is 316 g/mol. The number of carboxylic acid groups (broad SMARTS) is 1. The smallest absolute Gasteiger partial charge is 0.306 e. The van der Waals surface area contributed by atoms with E-state index in [1.807, 2.05) is 0 Å². The fourth-order valence-electron chi connectivity index (χ4n) is 2.54. The van der Waals surface area contributed by atoms with Gasteiger partial charge in [-0.1, -0.05) is 11.6 Å². The van der Waals surface area contributed by atoms with Gasteiger partial charge in [-0.05, 0) is 37.8 Å². The third kappa shape index (κ3) is 4.86. The van der Waals surface area contributed by atoms with Gasteiger partial charge in [-0.3, -0.25) is 4.79 Å². The molecule has 0 heterocycles. The summed E-state index contributed by atoms with van der Waals surface area (Å²) < 4.78 is 18.6. The van der Waals surface area contributed by atoms with Crippen LogP contribution in [0.3, 0.4) is 0 Å². The minimum absolute atomic E-state index is 0.0793. The topological polar surface area (TPSA) is 58.6 Å². The lowest BCUT2D eigenvalue weighted by molar-refractivity contribution is -0.142. The predicted octanol–water partition coefficient (Wildman–Crippen LogP) is 3.09. The van der Waals surface area contributed by atoms with Gasteiger partial charge in [0.1, 0.15) is 18.2 Å². The molecule has 1 saturated carbocycles. The number of halogens is 2. The van der Waals surface area contributed by atoms with E-state index < -0.39 is 11.8 Å². The van der Waals surface area contributed by atoms with E-state index in [9.17, 15) is 9.18 Å². The monoisotopic (exact) mass is 315 g/mol. The Hall–Kier alpha value is -1.33. The van der Waals surface area contributed by atoms with Crippen molar-refractivity contribution in [3.8, 4) is 5.75 Å². The van der Waals surface area contributed by atoms with Gasteiger partial charge in [-0.2, -0.15) is 0 Å². The molecule has 0 spiro atoms. The van der Waals surface area contributed by atoms with Crippen LogP contribution >= 0.6 is 11.6 Å². The van der Waals surface area contributed by atoms with Crippen molar-refractivity contribution in [1.29, 1.82) is 0 Å². The standard InChI is InChI=1S/C15H19ClFNO3/c16-13-6-5-12(9-14(13)17)21-8-7-18-11-3-1-10(2-4-11)15(19)20/h5-6,9-11,18H,1-4,7-8H2,(H,19,20). The molecule has 0 bridgehead atoms. The lowest BCUT2D eigenvalue weighted by Gasteiger charge is -2.26. The van der Waals surface area contributed by atoms with Crippen molar-refractivity contribution in [3.63, 3.8) is 0 Å².